The molecule has 1 aromatic carbocycles. The molecule has 1 aliphatic rings. The van der Waals surface area contributed by atoms with Crippen LogP contribution in [-0.2, 0) is 0 Å². The van der Waals surface area contributed by atoms with Gasteiger partial charge in [-0.1, -0.05) is 17.7 Å². The van der Waals surface area contributed by atoms with Crippen LogP contribution in [0.2, 0.25) is 5.02 Å². The fourth-order valence-corrected chi connectivity index (χ4v) is 2.92. The van der Waals surface area contributed by atoms with Gasteiger partial charge < -0.3 is 15.0 Å². The number of carbonyl (C=O) groups excluding carboxylic acids is 1. The maximum Gasteiger partial charge on any atom is 0.387 e. The number of hydrogen-bond acceptors (Lipinski definition) is 5. The van der Waals surface area contributed by atoms with Gasteiger partial charge in [0, 0.05) is 24.3 Å². The first-order valence-corrected chi connectivity index (χ1v) is 8.47. The van der Waals surface area contributed by atoms with Gasteiger partial charge in [0.05, 0.1) is 11.2 Å². The lowest BCUT2D eigenvalue weighted by Gasteiger charge is -2.16. The van der Waals surface area contributed by atoms with Crippen molar-refractivity contribution < 1.29 is 18.3 Å². The smallest absolute Gasteiger partial charge is 0.387 e. The maximum absolute atomic E-state index is 12.6. The van der Waals surface area contributed by atoms with E-state index in [1.807, 2.05) is 4.90 Å². The zero-order chi connectivity index (χ0) is 18.7. The third kappa shape index (κ3) is 4.01. The van der Waals surface area contributed by atoms with Gasteiger partial charge in [0.1, 0.15) is 5.75 Å². The third-order valence-corrected chi connectivity index (χ3v) is 4.36. The summed E-state index contributed by atoms with van der Waals surface area (Å²) >= 11 is 6.08. The van der Waals surface area contributed by atoms with E-state index in [0.29, 0.717) is 17.2 Å². The summed E-state index contributed by atoms with van der Waals surface area (Å²) < 4.78 is 29.4. The molecular weight excluding hydrogens is 366 g/mol. The highest BCUT2D eigenvalue weighted by atomic mass is 35.5. The minimum atomic E-state index is -2.95. The predicted molar refractivity (Wildman–Crippen MR) is 94.3 cm³/mol. The van der Waals surface area contributed by atoms with Crippen LogP contribution in [0.3, 0.4) is 0 Å². The van der Waals surface area contributed by atoms with Crippen LogP contribution in [0.15, 0.2) is 24.4 Å². The average Bonchev–Trinajstić information content (AvgIpc) is 3.13. The molecule has 0 atom stereocenters. The molecule has 2 heterocycles. The Kier molecular flexibility index (Phi) is 5.51. The second kappa shape index (κ2) is 7.82. The van der Waals surface area contributed by atoms with Gasteiger partial charge in [-0.25, -0.2) is 9.97 Å². The fraction of sp³-hybridized carbons (Fsp3) is 0.353. The Hall–Kier alpha value is -2.48. The Morgan fingerprint density at radius 2 is 2.08 bits per heavy atom. The summed E-state index contributed by atoms with van der Waals surface area (Å²) in [5.41, 5.74) is 0.750. The van der Waals surface area contributed by atoms with Gasteiger partial charge in [0.2, 0.25) is 5.95 Å². The lowest BCUT2D eigenvalue weighted by molar-refractivity contribution is -0.0502. The van der Waals surface area contributed by atoms with Crippen molar-refractivity contribution in [1.29, 1.82) is 0 Å². The van der Waals surface area contributed by atoms with Gasteiger partial charge in [-0.2, -0.15) is 8.78 Å². The summed E-state index contributed by atoms with van der Waals surface area (Å²) in [6.45, 7) is 0.285. The van der Waals surface area contributed by atoms with Crippen LogP contribution >= 0.6 is 11.6 Å². The number of carbonyl (C=O) groups is 1. The zero-order valence-corrected chi connectivity index (χ0v) is 14.8. The summed E-state index contributed by atoms with van der Waals surface area (Å²) in [5.74, 6) is -0.108. The molecule has 0 spiro atoms. The summed E-state index contributed by atoms with van der Waals surface area (Å²) in [6.07, 6.45) is 3.48. The first-order chi connectivity index (χ1) is 12.5. The topological polar surface area (TPSA) is 67.4 Å². The number of halogens is 3. The number of amides is 1. The molecule has 1 aliphatic heterocycles. The maximum atomic E-state index is 12.6. The largest absolute Gasteiger partial charge is 0.434 e. The number of alkyl halides is 2. The highest BCUT2D eigenvalue weighted by Gasteiger charge is 2.20. The molecule has 0 radical (unpaired) electrons. The van der Waals surface area contributed by atoms with Crippen molar-refractivity contribution in [2.45, 2.75) is 26.4 Å². The molecule has 1 fully saturated rings. The second-order valence-corrected chi connectivity index (χ2v) is 6.23. The van der Waals surface area contributed by atoms with Gasteiger partial charge in [0.15, 0.2) is 5.69 Å². The Bertz CT molecular complexity index is 813. The molecule has 0 aliphatic carbocycles. The monoisotopic (exact) mass is 382 g/mol. The molecular formula is C17H17ClF2N4O2. The van der Waals surface area contributed by atoms with E-state index in [1.54, 1.807) is 13.0 Å². The molecule has 0 bridgehead atoms. The average molecular weight is 383 g/mol. The van der Waals surface area contributed by atoms with E-state index < -0.39 is 12.5 Å². The molecule has 3 rings (SSSR count). The van der Waals surface area contributed by atoms with E-state index in [1.165, 1.54) is 18.3 Å². The second-order valence-electron chi connectivity index (χ2n) is 5.82. The Morgan fingerprint density at radius 1 is 1.35 bits per heavy atom. The minimum absolute atomic E-state index is 0.00987. The molecule has 26 heavy (non-hydrogen) atoms. The summed E-state index contributed by atoms with van der Waals surface area (Å²) in [6, 6.07) is 4.50. The molecule has 9 heteroatoms. The van der Waals surface area contributed by atoms with Crippen LogP contribution in [0.1, 0.15) is 28.9 Å². The van der Waals surface area contributed by atoms with Gasteiger partial charge in [-0.05, 0) is 31.9 Å². The van der Waals surface area contributed by atoms with Crippen LogP contribution < -0.4 is 15.0 Å². The van der Waals surface area contributed by atoms with Crippen molar-refractivity contribution in [2.24, 2.45) is 0 Å². The van der Waals surface area contributed by atoms with Crippen molar-refractivity contribution >= 4 is 29.1 Å². The van der Waals surface area contributed by atoms with E-state index in [2.05, 4.69) is 20.0 Å². The first kappa shape index (κ1) is 18.3. The number of nitrogens with one attached hydrogen (secondary N) is 1. The molecule has 1 amide bonds. The van der Waals surface area contributed by atoms with Crippen LogP contribution in [-0.4, -0.2) is 35.6 Å². The summed E-state index contributed by atoms with van der Waals surface area (Å²) in [4.78, 5) is 23.0. The normalized spacial score (nSPS) is 14.0. The van der Waals surface area contributed by atoms with Crippen LogP contribution in [0, 0.1) is 6.92 Å². The molecule has 0 unspecified atom stereocenters. The van der Waals surface area contributed by atoms with E-state index in [4.69, 9.17) is 11.6 Å². The third-order valence-electron chi connectivity index (χ3n) is 4.08. The molecule has 0 saturated carbocycles. The number of hydrogen-bond donors (Lipinski definition) is 1. The lowest BCUT2D eigenvalue weighted by atomic mass is 10.1. The van der Waals surface area contributed by atoms with Crippen LogP contribution in [0.4, 0.5) is 20.4 Å². The number of nitrogens with zero attached hydrogens (tertiary/aromatic N) is 3. The summed E-state index contributed by atoms with van der Waals surface area (Å²) in [5, 5.41) is 2.76. The molecule has 1 N–H and O–H groups in total. The van der Waals surface area contributed by atoms with Gasteiger partial charge in [-0.15, -0.1) is 0 Å². The van der Waals surface area contributed by atoms with Crippen LogP contribution in [0.25, 0.3) is 0 Å². The highest BCUT2D eigenvalue weighted by Crippen LogP contribution is 2.28. The molecule has 1 aromatic heterocycles. The molecule has 1 saturated heterocycles. The first-order valence-electron chi connectivity index (χ1n) is 8.09. The van der Waals surface area contributed by atoms with Crippen molar-refractivity contribution in [3.05, 3.63) is 40.7 Å². The van der Waals surface area contributed by atoms with Crippen molar-refractivity contribution in [3.63, 3.8) is 0 Å². The molecule has 2 aromatic rings. The highest BCUT2D eigenvalue weighted by molar-refractivity contribution is 6.34. The van der Waals surface area contributed by atoms with Gasteiger partial charge in [0.25, 0.3) is 5.91 Å². The number of rotatable bonds is 5. The van der Waals surface area contributed by atoms with E-state index in [0.717, 1.165) is 25.9 Å². The van der Waals surface area contributed by atoms with E-state index in [-0.39, 0.29) is 16.5 Å². The van der Waals surface area contributed by atoms with Crippen molar-refractivity contribution in [1.82, 2.24) is 9.97 Å². The SMILES string of the molecule is Cc1c(NC(=O)c2nc(N3CCCC3)ncc2Cl)cccc1OC(F)F. The zero-order valence-electron chi connectivity index (χ0n) is 14.0. The number of aromatic nitrogens is 2. The van der Waals surface area contributed by atoms with Crippen LogP contribution in [0.5, 0.6) is 5.75 Å². The Labute approximate surface area is 154 Å². The predicted octanol–water partition coefficient (Wildman–Crippen LogP) is 3.89. The van der Waals surface area contributed by atoms with Gasteiger partial charge >= 0.3 is 6.61 Å². The van der Waals surface area contributed by atoms with Gasteiger partial charge in [-0.3, -0.25) is 4.79 Å². The number of anilines is 2. The van der Waals surface area contributed by atoms with Crippen molar-refractivity contribution in [2.75, 3.05) is 23.3 Å². The quantitative estimate of drug-likeness (QED) is 0.849. The standard InChI is InChI=1S/C17H17ClF2N4O2/c1-10-12(5-4-6-13(10)26-16(19)20)22-15(25)14-11(18)9-21-17(23-14)24-7-2-3-8-24/h4-6,9,16H,2-3,7-8H2,1H3,(H,22,25). The fourth-order valence-electron chi connectivity index (χ4n) is 2.74. The van der Waals surface area contributed by atoms with Crippen molar-refractivity contribution in [3.8, 4) is 5.75 Å². The van der Waals surface area contributed by atoms with E-state index in [9.17, 15) is 13.6 Å². The number of benzene rings is 1. The molecule has 138 valence electrons. The lowest BCUT2D eigenvalue weighted by Crippen LogP contribution is -2.23. The van der Waals surface area contributed by atoms with E-state index >= 15 is 0 Å². The molecule has 6 nitrogen and oxygen atoms in total. The number of ether oxygens (including phenoxy) is 1. The minimum Gasteiger partial charge on any atom is -0.434 e. The summed E-state index contributed by atoms with van der Waals surface area (Å²) in [7, 11) is 0. The Balaban J connectivity index is 1.83. The Morgan fingerprint density at radius 3 is 2.77 bits per heavy atom.